The largest absolute Gasteiger partial charge is 0.496 e. The van der Waals surface area contributed by atoms with Gasteiger partial charge in [-0.1, -0.05) is 23.1 Å². The average Bonchev–Trinajstić information content (AvgIpc) is 3.11. The van der Waals surface area contributed by atoms with Crippen LogP contribution in [-0.4, -0.2) is 50.2 Å². The molecule has 2 rings (SSSR count). The molecule has 1 heterocycles. The number of thioether (sulfide) groups is 1. The summed E-state index contributed by atoms with van der Waals surface area (Å²) in [5.74, 6) is 1.92. The molecule has 10 heteroatoms. The molecule has 0 bridgehead atoms. The Bertz CT molecular complexity index is 724. The predicted octanol–water partition coefficient (Wildman–Crippen LogP) is 2.01. The van der Waals surface area contributed by atoms with Crippen LogP contribution in [0.5, 0.6) is 17.2 Å². The molecule has 0 aliphatic rings. The van der Waals surface area contributed by atoms with E-state index in [1.807, 2.05) is 0 Å². The topological polar surface area (TPSA) is 94.6 Å². The molecule has 0 fully saturated rings. The first-order valence-electron chi connectivity index (χ1n) is 7.30. The fraction of sp³-hybridized carbons (Fsp3) is 0.400. The van der Waals surface area contributed by atoms with Crippen molar-refractivity contribution in [3.63, 3.8) is 0 Å². The quantitative estimate of drug-likeness (QED) is 0.634. The molecule has 0 saturated carbocycles. The Balaban J connectivity index is 1.94. The minimum absolute atomic E-state index is 0.108. The highest BCUT2D eigenvalue weighted by atomic mass is 32.2. The maximum absolute atomic E-state index is 12.1. The number of nitrogens with zero attached hydrogens (tertiary/aromatic N) is 2. The van der Waals surface area contributed by atoms with Crippen LogP contribution in [0.25, 0.3) is 0 Å². The summed E-state index contributed by atoms with van der Waals surface area (Å²) in [5, 5.41) is 14.4. The lowest BCUT2D eigenvalue weighted by Crippen LogP contribution is -2.24. The maximum atomic E-state index is 12.1. The van der Waals surface area contributed by atoms with Crippen LogP contribution < -0.4 is 24.8 Å². The SMILES string of the molecule is CNc1nnc(SCC(=O)NCc2cc(OC)c(OC)cc2OC)s1. The van der Waals surface area contributed by atoms with E-state index in [1.54, 1.807) is 40.5 Å². The third-order valence-corrected chi connectivity index (χ3v) is 5.28. The minimum Gasteiger partial charge on any atom is -0.496 e. The first-order valence-corrected chi connectivity index (χ1v) is 9.11. The Morgan fingerprint density at radius 1 is 1.12 bits per heavy atom. The molecule has 0 atom stereocenters. The number of hydrogen-bond donors (Lipinski definition) is 2. The molecule has 8 nitrogen and oxygen atoms in total. The van der Waals surface area contributed by atoms with Crippen molar-refractivity contribution >= 4 is 34.1 Å². The Morgan fingerprint density at radius 2 is 1.80 bits per heavy atom. The van der Waals surface area contributed by atoms with E-state index in [1.165, 1.54) is 23.1 Å². The summed E-state index contributed by atoms with van der Waals surface area (Å²) in [7, 11) is 6.46. The maximum Gasteiger partial charge on any atom is 0.230 e. The lowest BCUT2D eigenvalue weighted by molar-refractivity contribution is -0.118. The summed E-state index contributed by atoms with van der Waals surface area (Å²) < 4.78 is 16.6. The molecule has 1 amide bonds. The normalized spacial score (nSPS) is 10.2. The molecule has 1 aromatic carbocycles. The van der Waals surface area contributed by atoms with Gasteiger partial charge in [-0.05, 0) is 6.07 Å². The van der Waals surface area contributed by atoms with Gasteiger partial charge in [0, 0.05) is 25.2 Å². The summed E-state index contributed by atoms with van der Waals surface area (Å²) >= 11 is 2.74. The van der Waals surface area contributed by atoms with Crippen LogP contribution in [0.1, 0.15) is 5.56 Å². The first kappa shape index (κ1) is 19.1. The second-order valence-electron chi connectivity index (χ2n) is 4.71. The number of methoxy groups -OCH3 is 3. The number of benzene rings is 1. The zero-order valence-electron chi connectivity index (χ0n) is 14.4. The van der Waals surface area contributed by atoms with E-state index in [-0.39, 0.29) is 11.7 Å². The van der Waals surface area contributed by atoms with Crippen molar-refractivity contribution in [2.45, 2.75) is 10.9 Å². The molecule has 2 aromatic rings. The first-order chi connectivity index (χ1) is 12.1. The molecule has 0 aliphatic heterocycles. The van der Waals surface area contributed by atoms with E-state index in [4.69, 9.17) is 14.2 Å². The number of anilines is 1. The van der Waals surface area contributed by atoms with Gasteiger partial charge in [0.1, 0.15) is 5.75 Å². The van der Waals surface area contributed by atoms with Crippen molar-refractivity contribution in [3.05, 3.63) is 17.7 Å². The average molecular weight is 384 g/mol. The summed E-state index contributed by atoms with van der Waals surface area (Å²) in [6, 6.07) is 3.52. The lowest BCUT2D eigenvalue weighted by Gasteiger charge is -2.14. The number of nitrogens with one attached hydrogen (secondary N) is 2. The van der Waals surface area contributed by atoms with Crippen molar-refractivity contribution in [1.29, 1.82) is 0 Å². The Morgan fingerprint density at radius 3 is 2.40 bits per heavy atom. The monoisotopic (exact) mass is 384 g/mol. The molecule has 2 N–H and O–H groups in total. The fourth-order valence-corrected chi connectivity index (χ4v) is 3.51. The summed E-state index contributed by atoms with van der Waals surface area (Å²) in [4.78, 5) is 12.1. The van der Waals surface area contributed by atoms with E-state index in [0.29, 0.717) is 23.8 Å². The lowest BCUT2D eigenvalue weighted by atomic mass is 10.1. The molecule has 0 aliphatic carbocycles. The van der Waals surface area contributed by atoms with Crippen molar-refractivity contribution in [2.75, 3.05) is 39.4 Å². The van der Waals surface area contributed by atoms with E-state index < -0.39 is 0 Å². The smallest absolute Gasteiger partial charge is 0.230 e. The standard InChI is InChI=1S/C15H20N4O4S2/c1-16-14-18-19-15(25-14)24-8-13(20)17-7-9-5-11(22-3)12(23-4)6-10(9)21-2/h5-6H,7-8H2,1-4H3,(H,16,18)(H,17,20). The van der Waals surface area contributed by atoms with Gasteiger partial charge >= 0.3 is 0 Å². The Kier molecular flexibility index (Phi) is 7.14. The third-order valence-electron chi connectivity index (χ3n) is 3.21. The summed E-state index contributed by atoms with van der Waals surface area (Å²) in [6.07, 6.45) is 0. The van der Waals surface area contributed by atoms with E-state index in [9.17, 15) is 4.79 Å². The molecular weight excluding hydrogens is 364 g/mol. The molecule has 0 spiro atoms. The molecule has 0 radical (unpaired) electrons. The van der Waals surface area contributed by atoms with E-state index >= 15 is 0 Å². The Hall–Kier alpha value is -2.20. The van der Waals surface area contributed by atoms with Crippen LogP contribution >= 0.6 is 23.1 Å². The van der Waals surface area contributed by atoms with E-state index in [2.05, 4.69) is 20.8 Å². The van der Waals surface area contributed by atoms with Crippen molar-refractivity contribution < 1.29 is 19.0 Å². The third kappa shape index (κ3) is 5.13. The highest BCUT2D eigenvalue weighted by Crippen LogP contribution is 2.34. The number of rotatable bonds is 9. The van der Waals surface area contributed by atoms with Crippen LogP contribution in [0.15, 0.2) is 16.5 Å². The number of amides is 1. The highest BCUT2D eigenvalue weighted by molar-refractivity contribution is 8.01. The highest BCUT2D eigenvalue weighted by Gasteiger charge is 2.13. The zero-order valence-corrected chi connectivity index (χ0v) is 16.0. The minimum atomic E-state index is -0.108. The van der Waals surface area contributed by atoms with Crippen LogP contribution in [0.4, 0.5) is 5.13 Å². The molecule has 136 valence electrons. The number of carbonyl (C=O) groups is 1. The van der Waals surface area contributed by atoms with Crippen LogP contribution in [0.2, 0.25) is 0 Å². The number of hydrogen-bond acceptors (Lipinski definition) is 9. The second-order valence-corrected chi connectivity index (χ2v) is 6.91. The number of aromatic nitrogens is 2. The summed E-state index contributed by atoms with van der Waals surface area (Å²) in [6.45, 7) is 0.320. The van der Waals surface area contributed by atoms with Crippen LogP contribution in [0, 0.1) is 0 Å². The van der Waals surface area contributed by atoms with Gasteiger partial charge in [-0.3, -0.25) is 4.79 Å². The number of ether oxygens (including phenoxy) is 3. The van der Waals surface area contributed by atoms with Crippen molar-refractivity contribution in [2.24, 2.45) is 0 Å². The molecule has 0 saturated heterocycles. The van der Waals surface area contributed by atoms with Gasteiger partial charge in [0.15, 0.2) is 15.8 Å². The van der Waals surface area contributed by atoms with Gasteiger partial charge in [-0.2, -0.15) is 0 Å². The molecule has 0 unspecified atom stereocenters. The molecule has 1 aromatic heterocycles. The van der Waals surface area contributed by atoms with Gasteiger partial charge in [-0.15, -0.1) is 10.2 Å². The van der Waals surface area contributed by atoms with Gasteiger partial charge < -0.3 is 24.8 Å². The number of carbonyl (C=O) groups excluding carboxylic acids is 1. The second kappa shape index (κ2) is 9.33. The van der Waals surface area contributed by atoms with Gasteiger partial charge in [-0.25, -0.2) is 0 Å². The van der Waals surface area contributed by atoms with Gasteiger partial charge in [0.2, 0.25) is 11.0 Å². The predicted molar refractivity (Wildman–Crippen MR) is 98.1 cm³/mol. The van der Waals surface area contributed by atoms with Crippen LogP contribution in [-0.2, 0) is 11.3 Å². The summed E-state index contributed by atoms with van der Waals surface area (Å²) in [5.41, 5.74) is 0.798. The van der Waals surface area contributed by atoms with Gasteiger partial charge in [0.25, 0.3) is 0 Å². The Labute approximate surface area is 154 Å². The van der Waals surface area contributed by atoms with Crippen molar-refractivity contribution in [1.82, 2.24) is 15.5 Å². The molecular formula is C15H20N4O4S2. The fourth-order valence-electron chi connectivity index (χ4n) is 1.97. The molecule has 25 heavy (non-hydrogen) atoms. The van der Waals surface area contributed by atoms with Crippen LogP contribution in [0.3, 0.4) is 0 Å². The zero-order chi connectivity index (χ0) is 18.2. The van der Waals surface area contributed by atoms with E-state index in [0.717, 1.165) is 15.0 Å². The van der Waals surface area contributed by atoms with Crippen molar-refractivity contribution in [3.8, 4) is 17.2 Å². The van der Waals surface area contributed by atoms with Gasteiger partial charge in [0.05, 0.1) is 27.1 Å².